The Morgan fingerprint density at radius 3 is 2.47 bits per heavy atom. The van der Waals surface area contributed by atoms with Crippen LogP contribution in [0.4, 0.5) is 0 Å². The van der Waals surface area contributed by atoms with Gasteiger partial charge in [0.15, 0.2) is 0 Å². The van der Waals surface area contributed by atoms with Crippen LogP contribution in [0.25, 0.3) is 0 Å². The highest BCUT2D eigenvalue weighted by atomic mass is 32.2. The van der Waals surface area contributed by atoms with Gasteiger partial charge in [0.1, 0.15) is 0 Å². The molecule has 2 rings (SSSR count). The Kier molecular flexibility index (Phi) is 4.66. The van der Waals surface area contributed by atoms with Gasteiger partial charge < -0.3 is 5.73 Å². The van der Waals surface area contributed by atoms with Gasteiger partial charge in [-0.25, -0.2) is 8.42 Å². The second-order valence-electron chi connectivity index (χ2n) is 5.20. The minimum Gasteiger partial charge on any atom is -0.330 e. The first-order valence-electron chi connectivity index (χ1n) is 6.72. The molecule has 1 aromatic rings. The molecule has 4 nitrogen and oxygen atoms in total. The first-order chi connectivity index (χ1) is 8.95. The third kappa shape index (κ3) is 3.18. The van der Waals surface area contributed by atoms with Crippen molar-refractivity contribution in [2.75, 3.05) is 19.6 Å². The van der Waals surface area contributed by atoms with Crippen molar-refractivity contribution in [1.82, 2.24) is 4.31 Å². The number of piperidine rings is 1. The Bertz CT molecular complexity index is 529. The van der Waals surface area contributed by atoms with Crippen molar-refractivity contribution in [2.24, 2.45) is 11.7 Å². The Morgan fingerprint density at radius 2 is 2.00 bits per heavy atom. The van der Waals surface area contributed by atoms with Gasteiger partial charge in [-0.05, 0) is 51.6 Å². The number of hydrogen-bond acceptors (Lipinski definition) is 4. The molecule has 2 heterocycles. The third-order valence-electron chi connectivity index (χ3n) is 3.76. The number of sulfonamides is 1. The molecule has 0 spiro atoms. The minimum absolute atomic E-state index is 0.493. The number of rotatable bonds is 4. The molecule has 19 heavy (non-hydrogen) atoms. The standard InChI is InChI=1S/C13H22N2O2S2/c1-10-9-13(11(2)18-10)19(16,17)15-7-4-12(3-6-14)5-8-15/h9,12H,3-8,14H2,1-2H3. The van der Waals surface area contributed by atoms with E-state index in [1.165, 1.54) is 0 Å². The van der Waals surface area contributed by atoms with Gasteiger partial charge in [-0.15, -0.1) is 11.3 Å². The average molecular weight is 302 g/mol. The molecule has 2 N–H and O–H groups in total. The van der Waals surface area contributed by atoms with E-state index in [1.807, 2.05) is 13.8 Å². The smallest absolute Gasteiger partial charge is 0.244 e. The van der Waals surface area contributed by atoms with Crippen LogP contribution in [0.5, 0.6) is 0 Å². The summed E-state index contributed by atoms with van der Waals surface area (Å²) in [5.74, 6) is 0.585. The van der Waals surface area contributed by atoms with E-state index < -0.39 is 10.0 Å². The van der Waals surface area contributed by atoms with Crippen molar-refractivity contribution in [2.45, 2.75) is 38.0 Å². The first-order valence-corrected chi connectivity index (χ1v) is 8.98. The molecule has 1 fully saturated rings. The maximum Gasteiger partial charge on any atom is 0.244 e. The summed E-state index contributed by atoms with van der Waals surface area (Å²) in [4.78, 5) is 2.43. The lowest BCUT2D eigenvalue weighted by Crippen LogP contribution is -2.38. The Labute approximate surface area is 119 Å². The molecule has 6 heteroatoms. The summed E-state index contributed by atoms with van der Waals surface area (Å²) < 4.78 is 26.8. The van der Waals surface area contributed by atoms with Crippen LogP contribution in [-0.2, 0) is 10.0 Å². The SMILES string of the molecule is Cc1cc(S(=O)(=O)N2CCC(CCN)CC2)c(C)s1. The Morgan fingerprint density at radius 1 is 1.37 bits per heavy atom. The molecule has 0 saturated carbocycles. The number of nitrogens with zero attached hydrogens (tertiary/aromatic N) is 1. The first kappa shape index (κ1) is 15.0. The second kappa shape index (κ2) is 5.91. The maximum absolute atomic E-state index is 12.6. The molecule has 0 aromatic carbocycles. The van der Waals surface area contributed by atoms with Crippen molar-refractivity contribution in [3.8, 4) is 0 Å². The molecule has 0 radical (unpaired) electrons. The van der Waals surface area contributed by atoms with E-state index in [9.17, 15) is 8.42 Å². The van der Waals surface area contributed by atoms with Crippen molar-refractivity contribution < 1.29 is 8.42 Å². The van der Waals surface area contributed by atoms with Crippen LogP contribution in [0, 0.1) is 19.8 Å². The summed E-state index contributed by atoms with van der Waals surface area (Å²) in [7, 11) is -3.30. The summed E-state index contributed by atoms with van der Waals surface area (Å²) >= 11 is 1.55. The van der Waals surface area contributed by atoms with Crippen LogP contribution >= 0.6 is 11.3 Å². The molecule has 1 aromatic heterocycles. The lowest BCUT2D eigenvalue weighted by molar-refractivity contribution is 0.266. The molecule has 1 aliphatic rings. The van der Waals surface area contributed by atoms with Crippen molar-refractivity contribution >= 4 is 21.4 Å². The van der Waals surface area contributed by atoms with Gasteiger partial charge in [0.25, 0.3) is 0 Å². The molecule has 1 saturated heterocycles. The Balaban J connectivity index is 2.12. The van der Waals surface area contributed by atoms with Crippen LogP contribution in [0.1, 0.15) is 29.0 Å². The molecule has 0 atom stereocenters. The van der Waals surface area contributed by atoms with E-state index in [4.69, 9.17) is 5.73 Å². The van der Waals surface area contributed by atoms with Crippen molar-refractivity contribution in [3.05, 3.63) is 15.8 Å². The number of aryl methyl sites for hydroxylation is 2. The summed E-state index contributed by atoms with van der Waals surface area (Å²) in [6.45, 7) is 5.78. The third-order valence-corrected chi connectivity index (χ3v) is 6.88. The van der Waals surface area contributed by atoms with Crippen LogP contribution < -0.4 is 5.73 Å². The van der Waals surface area contributed by atoms with Crippen LogP contribution in [0.15, 0.2) is 11.0 Å². The summed E-state index contributed by atoms with van der Waals surface area (Å²) in [5.41, 5.74) is 5.56. The number of thiophene rings is 1. The van der Waals surface area contributed by atoms with Gasteiger partial charge in [0.05, 0.1) is 4.90 Å². The average Bonchev–Trinajstić information content (AvgIpc) is 2.70. The molecular weight excluding hydrogens is 280 g/mol. The maximum atomic E-state index is 12.6. The molecular formula is C13H22N2O2S2. The van der Waals surface area contributed by atoms with Gasteiger partial charge in [-0.2, -0.15) is 4.31 Å². The minimum atomic E-state index is -3.30. The van der Waals surface area contributed by atoms with E-state index in [0.717, 1.165) is 29.0 Å². The van der Waals surface area contributed by atoms with E-state index in [-0.39, 0.29) is 0 Å². The van der Waals surface area contributed by atoms with Gasteiger partial charge in [0.2, 0.25) is 10.0 Å². The predicted molar refractivity (Wildman–Crippen MR) is 78.9 cm³/mol. The van der Waals surface area contributed by atoms with Crippen LogP contribution in [0.3, 0.4) is 0 Å². The van der Waals surface area contributed by atoms with Crippen molar-refractivity contribution in [3.63, 3.8) is 0 Å². The lowest BCUT2D eigenvalue weighted by atomic mass is 9.95. The largest absolute Gasteiger partial charge is 0.330 e. The fourth-order valence-corrected chi connectivity index (χ4v) is 5.67. The van der Waals surface area contributed by atoms with E-state index >= 15 is 0 Å². The van der Waals surface area contributed by atoms with Gasteiger partial charge in [-0.3, -0.25) is 0 Å². The molecule has 0 unspecified atom stereocenters. The second-order valence-corrected chi connectivity index (χ2v) is 8.57. The normalized spacial score (nSPS) is 18.9. The quantitative estimate of drug-likeness (QED) is 0.926. The monoisotopic (exact) mass is 302 g/mol. The summed E-state index contributed by atoms with van der Waals surface area (Å²) in [6.07, 6.45) is 2.86. The molecule has 1 aliphatic heterocycles. The highest BCUT2D eigenvalue weighted by Crippen LogP contribution is 2.30. The zero-order chi connectivity index (χ0) is 14.0. The van der Waals surface area contributed by atoms with Gasteiger partial charge in [0, 0.05) is 22.8 Å². The van der Waals surface area contributed by atoms with Gasteiger partial charge in [-0.1, -0.05) is 0 Å². The lowest BCUT2D eigenvalue weighted by Gasteiger charge is -2.31. The Hall–Kier alpha value is -0.430. The fourth-order valence-electron chi connectivity index (χ4n) is 2.68. The highest BCUT2D eigenvalue weighted by molar-refractivity contribution is 7.89. The predicted octanol–water partition coefficient (Wildman–Crippen LogP) is 2.11. The summed E-state index contributed by atoms with van der Waals surface area (Å²) in [5, 5.41) is 0. The molecule has 0 bridgehead atoms. The van der Waals surface area contributed by atoms with Crippen LogP contribution in [-0.4, -0.2) is 32.4 Å². The summed E-state index contributed by atoms with van der Waals surface area (Å²) in [6, 6.07) is 1.79. The van der Waals surface area contributed by atoms with E-state index in [0.29, 0.717) is 30.4 Å². The van der Waals surface area contributed by atoms with E-state index in [2.05, 4.69) is 0 Å². The van der Waals surface area contributed by atoms with Gasteiger partial charge >= 0.3 is 0 Å². The zero-order valence-electron chi connectivity index (χ0n) is 11.6. The molecule has 0 amide bonds. The molecule has 108 valence electrons. The fraction of sp³-hybridized carbons (Fsp3) is 0.692. The number of hydrogen-bond donors (Lipinski definition) is 1. The van der Waals surface area contributed by atoms with E-state index in [1.54, 1.807) is 21.7 Å². The highest BCUT2D eigenvalue weighted by Gasteiger charge is 2.30. The topological polar surface area (TPSA) is 63.4 Å². The zero-order valence-corrected chi connectivity index (χ0v) is 13.2. The van der Waals surface area contributed by atoms with Crippen molar-refractivity contribution in [1.29, 1.82) is 0 Å². The number of nitrogens with two attached hydrogens (primary N) is 1. The van der Waals surface area contributed by atoms with Crippen LogP contribution in [0.2, 0.25) is 0 Å². The molecule has 0 aliphatic carbocycles.